The van der Waals surface area contributed by atoms with Crippen LogP contribution in [0, 0.1) is 0 Å². The molecule has 0 aliphatic heterocycles. The number of carbonyl (C=O) groups excluding carboxylic acids is 1. The van der Waals surface area contributed by atoms with Crippen LogP contribution in [0.5, 0.6) is 0 Å². The summed E-state index contributed by atoms with van der Waals surface area (Å²) < 4.78 is 9.05. The zero-order chi connectivity index (χ0) is 24.2. The van der Waals surface area contributed by atoms with Gasteiger partial charge in [-0.1, -0.05) is 50.2 Å². The summed E-state index contributed by atoms with van der Waals surface area (Å²) >= 11 is 0. The van der Waals surface area contributed by atoms with Gasteiger partial charge in [0.05, 0.1) is 41.0 Å². The summed E-state index contributed by atoms with van der Waals surface area (Å²) in [5.74, 6) is -0.457. The van der Waals surface area contributed by atoms with E-state index in [2.05, 4.69) is 18.9 Å². The number of hydrogen-bond donors (Lipinski definition) is 0. The molecule has 5 aromatic rings. The number of nitrogens with zero attached hydrogens (tertiary/aromatic N) is 5. The molecule has 0 saturated carbocycles. The number of rotatable bonds is 4. The first-order chi connectivity index (χ1) is 17.0. The molecule has 174 valence electrons. The number of ether oxygens (including phenoxy) is 1. The maximum absolute atomic E-state index is 12.9. The van der Waals surface area contributed by atoms with Crippen LogP contribution >= 0.6 is 0 Å². The Morgan fingerprint density at radius 3 is 2.31 bits per heavy atom. The number of carbonyl (C=O) groups is 1. The molecule has 7 heteroatoms. The van der Waals surface area contributed by atoms with Crippen LogP contribution in [-0.4, -0.2) is 37.1 Å². The summed E-state index contributed by atoms with van der Waals surface area (Å²) in [7, 11) is 0. The predicted octanol–water partition coefficient (Wildman–Crippen LogP) is 5.28. The van der Waals surface area contributed by atoms with E-state index in [1.807, 2.05) is 77.6 Å². The fraction of sp³-hybridized carbons (Fsp3) is 0.214. The van der Waals surface area contributed by atoms with E-state index in [1.54, 1.807) is 11.6 Å². The van der Waals surface area contributed by atoms with Crippen molar-refractivity contribution in [2.24, 2.45) is 0 Å². The van der Waals surface area contributed by atoms with Crippen molar-refractivity contribution < 1.29 is 9.53 Å². The highest BCUT2D eigenvalue weighted by atomic mass is 16.5. The third-order valence-electron chi connectivity index (χ3n) is 6.57. The van der Waals surface area contributed by atoms with Gasteiger partial charge in [-0.05, 0) is 49.1 Å². The first kappa shape index (κ1) is 21.3. The van der Waals surface area contributed by atoms with Gasteiger partial charge in [0.15, 0.2) is 11.3 Å². The lowest BCUT2D eigenvalue weighted by Crippen LogP contribution is -2.26. The van der Waals surface area contributed by atoms with Gasteiger partial charge in [0, 0.05) is 11.1 Å². The molecule has 0 unspecified atom stereocenters. The van der Waals surface area contributed by atoms with Gasteiger partial charge in [-0.3, -0.25) is 0 Å². The van der Waals surface area contributed by atoms with Gasteiger partial charge in [-0.25, -0.2) is 19.1 Å². The molecule has 0 bridgehead atoms. The first-order valence-corrected chi connectivity index (χ1v) is 11.8. The predicted molar refractivity (Wildman–Crippen MR) is 134 cm³/mol. The number of hydrogen-bond acceptors (Lipinski definition) is 5. The first-order valence-electron chi connectivity index (χ1n) is 11.8. The number of benzene rings is 2. The Morgan fingerprint density at radius 2 is 1.66 bits per heavy atom. The minimum Gasteiger partial charge on any atom is -0.461 e. The van der Waals surface area contributed by atoms with E-state index in [-0.39, 0.29) is 17.7 Å². The number of fused-ring (bicyclic) bond motifs is 4. The molecule has 0 N–H and O–H groups in total. The molecule has 3 heterocycles. The second-order valence-electron chi connectivity index (χ2n) is 9.39. The highest BCUT2D eigenvalue weighted by molar-refractivity contribution is 6.03. The SMILES string of the molecule is CCOC(=O)c1nn(-c2ccccc2)c2nc3c(cc12)-c1c(cnn1-c1ccccc1)C(C)(C)C3. The van der Waals surface area contributed by atoms with Gasteiger partial charge in [-0.15, -0.1) is 0 Å². The lowest BCUT2D eigenvalue weighted by atomic mass is 9.74. The molecule has 35 heavy (non-hydrogen) atoms. The molecule has 0 spiro atoms. The van der Waals surface area contributed by atoms with Crippen LogP contribution < -0.4 is 0 Å². The maximum atomic E-state index is 12.9. The standard InChI is InChI=1S/C28H25N5O2/c1-4-35-27(34)24-21-15-20-23(30-26(21)33(31-24)19-13-9-6-10-14-19)16-28(2,3)22-17-29-32(25(20)22)18-11-7-5-8-12-18/h5-15,17H,4,16H2,1-3H3. The second kappa shape index (κ2) is 7.91. The van der Waals surface area contributed by atoms with Crippen LogP contribution in [0.3, 0.4) is 0 Å². The van der Waals surface area contributed by atoms with E-state index in [4.69, 9.17) is 14.8 Å². The van der Waals surface area contributed by atoms with Crippen molar-refractivity contribution in [2.45, 2.75) is 32.6 Å². The topological polar surface area (TPSA) is 74.8 Å². The minimum absolute atomic E-state index is 0.155. The number of aromatic nitrogens is 5. The summed E-state index contributed by atoms with van der Waals surface area (Å²) in [6.45, 7) is 6.50. The molecule has 2 aromatic carbocycles. The van der Waals surface area contributed by atoms with Crippen LogP contribution in [0.2, 0.25) is 0 Å². The van der Waals surface area contributed by atoms with Crippen molar-refractivity contribution in [3.05, 3.63) is 89.9 Å². The zero-order valence-corrected chi connectivity index (χ0v) is 19.9. The molecule has 0 radical (unpaired) electrons. The molecule has 0 saturated heterocycles. The van der Waals surface area contributed by atoms with E-state index in [0.29, 0.717) is 11.0 Å². The molecule has 0 amide bonds. The molecule has 0 atom stereocenters. The summed E-state index contributed by atoms with van der Waals surface area (Å²) in [6.07, 6.45) is 2.70. The van der Waals surface area contributed by atoms with Gasteiger partial charge in [0.1, 0.15) is 0 Å². The highest BCUT2D eigenvalue weighted by Crippen LogP contribution is 2.44. The maximum Gasteiger partial charge on any atom is 0.359 e. The zero-order valence-electron chi connectivity index (χ0n) is 19.9. The number of esters is 1. The number of pyridine rings is 1. The Bertz CT molecular complexity index is 1570. The Morgan fingerprint density at radius 1 is 1.00 bits per heavy atom. The lowest BCUT2D eigenvalue weighted by molar-refractivity contribution is 0.0521. The molecular formula is C28H25N5O2. The summed E-state index contributed by atoms with van der Waals surface area (Å²) in [5, 5.41) is 10.1. The van der Waals surface area contributed by atoms with Crippen LogP contribution in [0.4, 0.5) is 0 Å². The summed E-state index contributed by atoms with van der Waals surface area (Å²) in [5.41, 5.74) is 6.64. The van der Waals surface area contributed by atoms with Gasteiger partial charge in [-0.2, -0.15) is 10.2 Å². The molecular weight excluding hydrogens is 438 g/mol. The second-order valence-corrected chi connectivity index (χ2v) is 9.39. The van der Waals surface area contributed by atoms with Crippen LogP contribution in [0.1, 0.15) is 42.5 Å². The third kappa shape index (κ3) is 3.34. The van der Waals surface area contributed by atoms with Crippen molar-refractivity contribution in [1.29, 1.82) is 0 Å². The van der Waals surface area contributed by atoms with E-state index < -0.39 is 5.97 Å². The Hall–Kier alpha value is -4.26. The van der Waals surface area contributed by atoms with Crippen molar-refractivity contribution in [3.8, 4) is 22.6 Å². The molecule has 7 nitrogen and oxygen atoms in total. The van der Waals surface area contributed by atoms with Gasteiger partial charge in [0.25, 0.3) is 0 Å². The quantitative estimate of drug-likeness (QED) is 0.339. The molecule has 0 fully saturated rings. The van der Waals surface area contributed by atoms with Crippen LogP contribution in [-0.2, 0) is 16.6 Å². The molecule has 1 aliphatic carbocycles. The fourth-order valence-electron chi connectivity index (χ4n) is 4.90. The van der Waals surface area contributed by atoms with E-state index in [0.717, 1.165) is 40.3 Å². The number of para-hydroxylation sites is 2. The Labute approximate surface area is 203 Å². The lowest BCUT2D eigenvalue weighted by Gasteiger charge is -2.31. The normalized spacial score (nSPS) is 13.9. The molecule has 1 aliphatic rings. The van der Waals surface area contributed by atoms with E-state index in [9.17, 15) is 4.79 Å². The van der Waals surface area contributed by atoms with E-state index >= 15 is 0 Å². The minimum atomic E-state index is -0.457. The molecule has 6 rings (SSSR count). The van der Waals surface area contributed by atoms with Crippen molar-refractivity contribution in [1.82, 2.24) is 24.5 Å². The third-order valence-corrected chi connectivity index (χ3v) is 6.57. The Kier molecular flexibility index (Phi) is 4.81. The summed E-state index contributed by atoms with van der Waals surface area (Å²) in [6, 6.07) is 21.9. The largest absolute Gasteiger partial charge is 0.461 e. The van der Waals surface area contributed by atoms with Crippen molar-refractivity contribution >= 4 is 17.0 Å². The van der Waals surface area contributed by atoms with Crippen LogP contribution in [0.25, 0.3) is 33.7 Å². The van der Waals surface area contributed by atoms with E-state index in [1.165, 1.54) is 0 Å². The average Bonchev–Trinajstić information content (AvgIpc) is 3.47. The monoisotopic (exact) mass is 463 g/mol. The van der Waals surface area contributed by atoms with Gasteiger partial charge in [0.2, 0.25) is 0 Å². The van der Waals surface area contributed by atoms with Crippen molar-refractivity contribution in [3.63, 3.8) is 0 Å². The molecule has 3 aromatic heterocycles. The fourth-order valence-corrected chi connectivity index (χ4v) is 4.90. The summed E-state index contributed by atoms with van der Waals surface area (Å²) in [4.78, 5) is 18.0. The average molecular weight is 464 g/mol. The highest BCUT2D eigenvalue weighted by Gasteiger charge is 2.36. The van der Waals surface area contributed by atoms with Gasteiger partial charge >= 0.3 is 5.97 Å². The van der Waals surface area contributed by atoms with Crippen molar-refractivity contribution in [2.75, 3.05) is 6.61 Å². The Balaban J connectivity index is 1.65. The van der Waals surface area contributed by atoms with Crippen LogP contribution in [0.15, 0.2) is 72.9 Å². The smallest absolute Gasteiger partial charge is 0.359 e. The van der Waals surface area contributed by atoms with Gasteiger partial charge < -0.3 is 4.74 Å².